The highest BCUT2D eigenvalue weighted by Crippen LogP contribution is 2.21. The van der Waals surface area contributed by atoms with Gasteiger partial charge >= 0.3 is 0 Å². The van der Waals surface area contributed by atoms with Crippen molar-refractivity contribution < 1.29 is 13.2 Å². The van der Waals surface area contributed by atoms with Gasteiger partial charge in [-0.05, 0) is 31.5 Å². The molecule has 6 heteroatoms. The average molecular weight is 270 g/mol. The van der Waals surface area contributed by atoms with Crippen molar-refractivity contribution in [1.82, 2.24) is 0 Å². The molecule has 2 atom stereocenters. The zero-order chi connectivity index (χ0) is 13.2. The summed E-state index contributed by atoms with van der Waals surface area (Å²) in [7, 11) is -3.23. The van der Waals surface area contributed by atoms with Crippen LogP contribution in [-0.2, 0) is 14.8 Å². The molecule has 1 saturated heterocycles. The molecule has 0 aliphatic carbocycles. The monoisotopic (exact) mass is 270 g/mol. The Morgan fingerprint density at radius 3 is 2.67 bits per heavy atom. The van der Waals surface area contributed by atoms with Crippen LogP contribution in [0, 0.1) is 0 Å². The molecule has 1 aromatic carbocycles. The maximum atomic E-state index is 11.2. The summed E-state index contributed by atoms with van der Waals surface area (Å²) >= 11 is 0. The van der Waals surface area contributed by atoms with E-state index in [1.807, 2.05) is 19.1 Å². The first-order chi connectivity index (χ1) is 8.44. The van der Waals surface area contributed by atoms with Crippen LogP contribution in [0.2, 0.25) is 0 Å². The number of rotatable bonds is 4. The normalized spacial score (nSPS) is 23.9. The summed E-state index contributed by atoms with van der Waals surface area (Å²) in [6.45, 7) is 2.80. The second-order valence-electron chi connectivity index (χ2n) is 4.57. The van der Waals surface area contributed by atoms with Crippen molar-refractivity contribution in [2.24, 2.45) is 0 Å². The topological polar surface area (TPSA) is 67.4 Å². The molecule has 2 rings (SSSR count). The van der Waals surface area contributed by atoms with E-state index in [2.05, 4.69) is 10.0 Å². The molecule has 18 heavy (non-hydrogen) atoms. The van der Waals surface area contributed by atoms with Gasteiger partial charge in [-0.25, -0.2) is 8.42 Å². The van der Waals surface area contributed by atoms with E-state index in [-0.39, 0.29) is 12.1 Å². The Morgan fingerprint density at radius 2 is 2.06 bits per heavy atom. The van der Waals surface area contributed by atoms with Gasteiger partial charge in [0.15, 0.2) is 0 Å². The Bertz CT molecular complexity index is 516. The lowest BCUT2D eigenvalue weighted by Crippen LogP contribution is -2.26. The standard InChI is InChI=1S/C12H18N2O3S/c1-9-12(6-7-17-9)13-10-4-3-5-11(8-10)14-18(2,15)16/h3-5,8-9,12-14H,6-7H2,1-2H3. The zero-order valence-electron chi connectivity index (χ0n) is 10.5. The predicted molar refractivity (Wildman–Crippen MR) is 72.4 cm³/mol. The van der Waals surface area contributed by atoms with E-state index in [0.717, 1.165) is 25.0 Å². The van der Waals surface area contributed by atoms with E-state index in [0.29, 0.717) is 5.69 Å². The molecule has 0 amide bonds. The summed E-state index contributed by atoms with van der Waals surface area (Å²) in [4.78, 5) is 0. The Morgan fingerprint density at radius 1 is 1.33 bits per heavy atom. The number of hydrogen-bond acceptors (Lipinski definition) is 4. The van der Waals surface area contributed by atoms with Crippen molar-refractivity contribution in [3.63, 3.8) is 0 Å². The molecule has 0 bridgehead atoms. The third-order valence-corrected chi connectivity index (χ3v) is 3.50. The van der Waals surface area contributed by atoms with Crippen LogP contribution in [-0.4, -0.2) is 33.4 Å². The van der Waals surface area contributed by atoms with Gasteiger partial charge in [-0.2, -0.15) is 0 Å². The fourth-order valence-corrected chi connectivity index (χ4v) is 2.58. The highest BCUT2D eigenvalue weighted by Gasteiger charge is 2.23. The maximum Gasteiger partial charge on any atom is 0.229 e. The summed E-state index contributed by atoms with van der Waals surface area (Å²) in [5.74, 6) is 0. The molecule has 5 nitrogen and oxygen atoms in total. The molecule has 1 heterocycles. The SMILES string of the molecule is CC1OCCC1Nc1cccc(NS(C)(=O)=O)c1. The van der Waals surface area contributed by atoms with Gasteiger partial charge < -0.3 is 10.1 Å². The highest BCUT2D eigenvalue weighted by atomic mass is 32.2. The quantitative estimate of drug-likeness (QED) is 0.873. The Labute approximate surface area is 108 Å². The van der Waals surface area contributed by atoms with Gasteiger partial charge in [0.1, 0.15) is 0 Å². The fraction of sp³-hybridized carbons (Fsp3) is 0.500. The van der Waals surface area contributed by atoms with Gasteiger partial charge in [-0.1, -0.05) is 6.07 Å². The molecular formula is C12H18N2O3S. The lowest BCUT2D eigenvalue weighted by molar-refractivity contribution is 0.121. The molecule has 0 radical (unpaired) electrons. The van der Waals surface area contributed by atoms with Crippen LogP contribution >= 0.6 is 0 Å². The van der Waals surface area contributed by atoms with Crippen molar-refractivity contribution >= 4 is 21.4 Å². The molecule has 1 aliphatic heterocycles. The van der Waals surface area contributed by atoms with Crippen LogP contribution in [0.5, 0.6) is 0 Å². The number of benzene rings is 1. The molecule has 0 spiro atoms. The minimum atomic E-state index is -3.23. The zero-order valence-corrected chi connectivity index (χ0v) is 11.3. The van der Waals surface area contributed by atoms with Gasteiger partial charge in [0, 0.05) is 12.3 Å². The lowest BCUT2D eigenvalue weighted by atomic mass is 10.1. The first kappa shape index (κ1) is 13.2. The van der Waals surface area contributed by atoms with Crippen LogP contribution in [0.4, 0.5) is 11.4 Å². The second-order valence-corrected chi connectivity index (χ2v) is 6.32. The first-order valence-electron chi connectivity index (χ1n) is 5.90. The maximum absolute atomic E-state index is 11.2. The number of nitrogens with one attached hydrogen (secondary N) is 2. The Kier molecular flexibility index (Phi) is 3.77. The lowest BCUT2D eigenvalue weighted by Gasteiger charge is -2.18. The molecule has 2 N–H and O–H groups in total. The van der Waals surface area contributed by atoms with Crippen LogP contribution in [0.1, 0.15) is 13.3 Å². The van der Waals surface area contributed by atoms with Crippen molar-refractivity contribution in [2.75, 3.05) is 22.9 Å². The summed E-state index contributed by atoms with van der Waals surface area (Å²) < 4.78 is 30.2. The molecule has 2 unspecified atom stereocenters. The number of sulfonamides is 1. The van der Waals surface area contributed by atoms with E-state index in [1.165, 1.54) is 0 Å². The Hall–Kier alpha value is -1.27. The van der Waals surface area contributed by atoms with Crippen LogP contribution in [0.3, 0.4) is 0 Å². The van der Waals surface area contributed by atoms with Crippen molar-refractivity contribution in [2.45, 2.75) is 25.5 Å². The minimum Gasteiger partial charge on any atom is -0.380 e. The van der Waals surface area contributed by atoms with E-state index in [9.17, 15) is 8.42 Å². The van der Waals surface area contributed by atoms with Crippen LogP contribution in [0.15, 0.2) is 24.3 Å². The van der Waals surface area contributed by atoms with E-state index >= 15 is 0 Å². The first-order valence-corrected chi connectivity index (χ1v) is 7.79. The molecule has 1 fully saturated rings. The highest BCUT2D eigenvalue weighted by molar-refractivity contribution is 7.92. The van der Waals surface area contributed by atoms with Gasteiger partial charge in [-0.3, -0.25) is 4.72 Å². The number of hydrogen-bond donors (Lipinski definition) is 2. The van der Waals surface area contributed by atoms with E-state index < -0.39 is 10.0 Å². The summed E-state index contributed by atoms with van der Waals surface area (Å²) in [6.07, 6.45) is 2.28. The molecular weight excluding hydrogens is 252 g/mol. The molecule has 1 aromatic rings. The molecule has 100 valence electrons. The Balaban J connectivity index is 2.07. The summed E-state index contributed by atoms with van der Waals surface area (Å²) in [6, 6.07) is 7.51. The van der Waals surface area contributed by atoms with Gasteiger partial charge in [0.2, 0.25) is 10.0 Å². The second kappa shape index (κ2) is 5.16. The molecule has 0 aromatic heterocycles. The largest absolute Gasteiger partial charge is 0.380 e. The fourth-order valence-electron chi connectivity index (χ4n) is 2.02. The third-order valence-electron chi connectivity index (χ3n) is 2.89. The smallest absolute Gasteiger partial charge is 0.229 e. The summed E-state index contributed by atoms with van der Waals surface area (Å²) in [5, 5.41) is 3.36. The van der Waals surface area contributed by atoms with Gasteiger partial charge in [0.05, 0.1) is 24.1 Å². The van der Waals surface area contributed by atoms with Crippen LogP contribution < -0.4 is 10.0 Å². The van der Waals surface area contributed by atoms with Crippen molar-refractivity contribution in [1.29, 1.82) is 0 Å². The van der Waals surface area contributed by atoms with Crippen LogP contribution in [0.25, 0.3) is 0 Å². The van der Waals surface area contributed by atoms with E-state index in [1.54, 1.807) is 12.1 Å². The number of anilines is 2. The molecule has 1 aliphatic rings. The van der Waals surface area contributed by atoms with Gasteiger partial charge in [0.25, 0.3) is 0 Å². The number of ether oxygens (including phenoxy) is 1. The summed E-state index contributed by atoms with van der Waals surface area (Å²) in [5.41, 5.74) is 1.46. The minimum absolute atomic E-state index is 0.177. The third kappa shape index (κ3) is 3.61. The van der Waals surface area contributed by atoms with Gasteiger partial charge in [-0.15, -0.1) is 0 Å². The van der Waals surface area contributed by atoms with Crippen molar-refractivity contribution in [3.8, 4) is 0 Å². The average Bonchev–Trinajstić information content (AvgIpc) is 2.62. The van der Waals surface area contributed by atoms with E-state index in [4.69, 9.17) is 4.74 Å². The molecule has 0 saturated carbocycles. The van der Waals surface area contributed by atoms with Crippen molar-refractivity contribution in [3.05, 3.63) is 24.3 Å². The predicted octanol–water partition coefficient (Wildman–Crippen LogP) is 1.65.